The van der Waals surface area contributed by atoms with Gasteiger partial charge in [-0.25, -0.2) is 17.6 Å². The standard InChI is InChI=1S/C14H22.C10H10F4.CH4/c1-8(2)14-12(6)10(4)9(3)11(5)13(14)7;1-4(2)6-9(13)7(11)5(3)8(12)10(6)14;/h8H,1-7H3;4H,1-3H3;1H4. The highest BCUT2D eigenvalue weighted by molar-refractivity contribution is 5.50. The van der Waals surface area contributed by atoms with E-state index in [2.05, 4.69) is 48.5 Å². The fourth-order valence-electron chi connectivity index (χ4n) is 3.66. The maximum atomic E-state index is 13.2. The van der Waals surface area contributed by atoms with Gasteiger partial charge in [0.15, 0.2) is 23.3 Å². The molecule has 0 aliphatic rings. The highest BCUT2D eigenvalue weighted by Gasteiger charge is 2.24. The summed E-state index contributed by atoms with van der Waals surface area (Å²) in [5, 5.41) is 0. The minimum absolute atomic E-state index is 0. The summed E-state index contributed by atoms with van der Waals surface area (Å²) in [6, 6.07) is 0. The van der Waals surface area contributed by atoms with Gasteiger partial charge in [-0.15, -0.1) is 0 Å². The minimum Gasteiger partial charge on any atom is -0.203 e. The lowest BCUT2D eigenvalue weighted by atomic mass is 9.85. The van der Waals surface area contributed by atoms with Crippen molar-refractivity contribution in [1.29, 1.82) is 0 Å². The van der Waals surface area contributed by atoms with Gasteiger partial charge in [0.1, 0.15) is 0 Å². The van der Waals surface area contributed by atoms with Gasteiger partial charge in [-0.2, -0.15) is 0 Å². The van der Waals surface area contributed by atoms with Gasteiger partial charge < -0.3 is 0 Å². The van der Waals surface area contributed by atoms with Gasteiger partial charge in [0.2, 0.25) is 0 Å². The molecule has 0 bridgehead atoms. The first-order valence-corrected chi connectivity index (χ1v) is 9.64. The molecule has 4 heteroatoms. The molecule has 0 radical (unpaired) electrons. The molecule has 0 aromatic heterocycles. The number of hydrogen-bond donors (Lipinski definition) is 0. The summed E-state index contributed by atoms with van der Waals surface area (Å²) in [7, 11) is 0. The normalized spacial score (nSPS) is 10.8. The van der Waals surface area contributed by atoms with Gasteiger partial charge in [-0.05, 0) is 86.8 Å². The molecule has 2 rings (SSSR count). The first kappa shape index (κ1) is 27.2. The predicted octanol–water partition coefficient (Wildman–Crippen LogP) is 8.66. The zero-order valence-electron chi connectivity index (χ0n) is 18.7. The van der Waals surface area contributed by atoms with Crippen molar-refractivity contribution in [2.75, 3.05) is 0 Å². The molecular weight excluding hydrogens is 376 g/mol. The molecule has 0 aliphatic carbocycles. The first-order valence-electron chi connectivity index (χ1n) is 9.64. The predicted molar refractivity (Wildman–Crippen MR) is 116 cm³/mol. The second-order valence-corrected chi connectivity index (χ2v) is 8.14. The highest BCUT2D eigenvalue weighted by atomic mass is 19.2. The van der Waals surface area contributed by atoms with Crippen LogP contribution < -0.4 is 0 Å². The number of benzene rings is 2. The van der Waals surface area contributed by atoms with Crippen LogP contribution in [0.3, 0.4) is 0 Å². The van der Waals surface area contributed by atoms with Crippen LogP contribution in [0.25, 0.3) is 0 Å². The summed E-state index contributed by atoms with van der Waals surface area (Å²) in [6.45, 7) is 19.7. The van der Waals surface area contributed by atoms with Gasteiger partial charge in [-0.3, -0.25) is 0 Å². The van der Waals surface area contributed by atoms with E-state index in [-0.39, 0.29) is 7.43 Å². The first-order chi connectivity index (χ1) is 12.7. The van der Waals surface area contributed by atoms with Crippen molar-refractivity contribution in [3.05, 3.63) is 67.8 Å². The van der Waals surface area contributed by atoms with Gasteiger partial charge in [0.25, 0.3) is 0 Å². The number of hydrogen-bond acceptors (Lipinski definition) is 0. The van der Waals surface area contributed by atoms with E-state index in [1.807, 2.05) is 0 Å². The van der Waals surface area contributed by atoms with Gasteiger partial charge in [0, 0.05) is 11.1 Å². The smallest absolute Gasteiger partial charge is 0.165 e. The minimum atomic E-state index is -1.31. The summed E-state index contributed by atoms with van der Waals surface area (Å²) in [6.07, 6.45) is 0. The van der Waals surface area contributed by atoms with E-state index < -0.39 is 40.3 Å². The fraction of sp³-hybridized carbons (Fsp3) is 0.520. The van der Waals surface area contributed by atoms with Crippen molar-refractivity contribution in [2.45, 2.75) is 88.5 Å². The van der Waals surface area contributed by atoms with Gasteiger partial charge in [-0.1, -0.05) is 35.1 Å². The van der Waals surface area contributed by atoms with Crippen molar-refractivity contribution in [3.8, 4) is 0 Å². The Hall–Kier alpha value is -1.84. The van der Waals surface area contributed by atoms with Gasteiger partial charge >= 0.3 is 0 Å². The average molecular weight is 413 g/mol. The van der Waals surface area contributed by atoms with Crippen LogP contribution in [0.1, 0.15) is 91.5 Å². The molecule has 0 aliphatic heterocycles. The van der Waals surface area contributed by atoms with Crippen molar-refractivity contribution in [1.82, 2.24) is 0 Å². The monoisotopic (exact) mass is 412 g/mol. The largest absolute Gasteiger partial charge is 0.203 e. The van der Waals surface area contributed by atoms with Crippen LogP contribution in [0.4, 0.5) is 17.6 Å². The van der Waals surface area contributed by atoms with Crippen molar-refractivity contribution in [3.63, 3.8) is 0 Å². The lowest BCUT2D eigenvalue weighted by Gasteiger charge is -2.21. The summed E-state index contributed by atoms with van der Waals surface area (Å²) in [5.74, 6) is -5.18. The summed E-state index contributed by atoms with van der Waals surface area (Å²) >= 11 is 0. The Labute approximate surface area is 174 Å². The Morgan fingerprint density at radius 1 is 0.414 bits per heavy atom. The lowest BCUT2D eigenvalue weighted by Crippen LogP contribution is -2.07. The van der Waals surface area contributed by atoms with Crippen LogP contribution >= 0.6 is 0 Å². The molecule has 0 spiro atoms. The third kappa shape index (κ3) is 5.21. The fourth-order valence-corrected chi connectivity index (χ4v) is 3.66. The topological polar surface area (TPSA) is 0 Å². The van der Waals surface area contributed by atoms with Crippen LogP contribution in [-0.4, -0.2) is 0 Å². The van der Waals surface area contributed by atoms with Crippen LogP contribution in [-0.2, 0) is 0 Å². The molecular formula is C25H36F4. The molecule has 29 heavy (non-hydrogen) atoms. The molecule has 0 unspecified atom stereocenters. The molecule has 0 amide bonds. The van der Waals surface area contributed by atoms with Crippen LogP contribution in [0.2, 0.25) is 0 Å². The summed E-state index contributed by atoms with van der Waals surface area (Å²) in [4.78, 5) is 0. The Balaban J connectivity index is 0.000000523. The molecule has 0 N–H and O–H groups in total. The molecule has 2 aromatic carbocycles. The number of halogens is 4. The molecule has 0 nitrogen and oxygen atoms in total. The third-order valence-corrected chi connectivity index (χ3v) is 5.73. The quantitative estimate of drug-likeness (QED) is 0.342. The maximum absolute atomic E-state index is 13.2. The third-order valence-electron chi connectivity index (χ3n) is 5.73. The SMILES string of the molecule is C.Cc1c(C)c(C)c(C(C)C)c(C)c1C.Cc1c(F)c(F)c(C(C)C)c(F)c1F. The van der Waals surface area contributed by atoms with E-state index in [4.69, 9.17) is 0 Å². The molecule has 0 atom stereocenters. The van der Waals surface area contributed by atoms with E-state index >= 15 is 0 Å². The Kier molecular flexibility index (Phi) is 9.62. The second kappa shape index (κ2) is 10.3. The van der Waals surface area contributed by atoms with E-state index in [0.29, 0.717) is 5.92 Å². The zero-order valence-corrected chi connectivity index (χ0v) is 18.7. The Morgan fingerprint density at radius 3 is 0.966 bits per heavy atom. The Morgan fingerprint density at radius 2 is 0.690 bits per heavy atom. The van der Waals surface area contributed by atoms with Crippen molar-refractivity contribution < 1.29 is 17.6 Å². The lowest BCUT2D eigenvalue weighted by molar-refractivity contribution is 0.425. The molecule has 164 valence electrons. The maximum Gasteiger partial charge on any atom is 0.165 e. The van der Waals surface area contributed by atoms with Crippen molar-refractivity contribution >= 4 is 0 Å². The second-order valence-electron chi connectivity index (χ2n) is 8.14. The van der Waals surface area contributed by atoms with Gasteiger partial charge in [0.05, 0.1) is 0 Å². The zero-order chi connectivity index (χ0) is 22.1. The van der Waals surface area contributed by atoms with Crippen LogP contribution in [0.5, 0.6) is 0 Å². The van der Waals surface area contributed by atoms with Crippen molar-refractivity contribution in [2.24, 2.45) is 0 Å². The molecule has 2 aromatic rings. The molecule has 0 heterocycles. The van der Waals surface area contributed by atoms with E-state index in [1.165, 1.54) is 41.7 Å². The average Bonchev–Trinajstić information content (AvgIpc) is 2.61. The summed E-state index contributed by atoms with van der Waals surface area (Å²) in [5.41, 5.74) is 7.76. The van der Waals surface area contributed by atoms with E-state index in [9.17, 15) is 17.6 Å². The van der Waals surface area contributed by atoms with Crippen LogP contribution in [0, 0.1) is 64.8 Å². The highest BCUT2D eigenvalue weighted by Crippen LogP contribution is 2.31. The molecule has 0 saturated heterocycles. The number of rotatable bonds is 2. The van der Waals surface area contributed by atoms with Crippen LogP contribution in [0.15, 0.2) is 0 Å². The molecule has 0 fully saturated rings. The van der Waals surface area contributed by atoms with E-state index in [1.54, 1.807) is 5.56 Å². The molecule has 0 saturated carbocycles. The summed E-state index contributed by atoms with van der Waals surface area (Å²) < 4.78 is 52.4. The Bertz CT molecular complexity index is 746. The van der Waals surface area contributed by atoms with E-state index in [0.717, 1.165) is 6.92 Å².